The average Bonchev–Trinajstić information content (AvgIpc) is 3.43. The second-order valence-corrected chi connectivity index (χ2v) is 9.63. The van der Waals surface area contributed by atoms with Crippen molar-refractivity contribution in [2.75, 3.05) is 25.2 Å². The molecule has 1 aliphatic heterocycles. The predicted octanol–water partition coefficient (Wildman–Crippen LogP) is 5.14. The number of aliphatic hydroxyl groups is 1. The second kappa shape index (κ2) is 11.5. The van der Waals surface area contributed by atoms with Crippen molar-refractivity contribution in [1.82, 2.24) is 4.98 Å². The van der Waals surface area contributed by atoms with E-state index in [1.807, 2.05) is 6.92 Å². The number of Topliss-reactive ketones (excluding diaryl/α,β-unsaturated/α-hetero) is 1. The van der Waals surface area contributed by atoms with E-state index in [0.29, 0.717) is 40.5 Å². The van der Waals surface area contributed by atoms with Crippen LogP contribution < -0.4 is 14.4 Å². The average molecular weight is 549 g/mol. The van der Waals surface area contributed by atoms with Crippen molar-refractivity contribution in [1.29, 1.82) is 0 Å². The van der Waals surface area contributed by atoms with E-state index in [1.165, 1.54) is 18.1 Å². The number of anilines is 1. The van der Waals surface area contributed by atoms with Gasteiger partial charge in [-0.25, -0.2) is 9.78 Å². The molecule has 10 heteroatoms. The van der Waals surface area contributed by atoms with Gasteiger partial charge in [-0.1, -0.05) is 36.1 Å². The topological polar surface area (TPSA) is 115 Å². The summed E-state index contributed by atoms with van der Waals surface area (Å²) < 4.78 is 16.0. The largest absolute Gasteiger partial charge is 0.507 e. The number of amides is 1. The monoisotopic (exact) mass is 548 g/mol. The van der Waals surface area contributed by atoms with Crippen LogP contribution in [0.1, 0.15) is 45.0 Å². The number of nitrogens with zero attached hydrogens (tertiary/aromatic N) is 2. The van der Waals surface area contributed by atoms with Crippen LogP contribution in [0, 0.1) is 13.8 Å². The smallest absolute Gasteiger partial charge is 0.350 e. The summed E-state index contributed by atoms with van der Waals surface area (Å²) in [6.45, 7) is 9.28. The first kappa shape index (κ1) is 27.6. The highest BCUT2D eigenvalue weighted by atomic mass is 32.1. The van der Waals surface area contributed by atoms with Gasteiger partial charge in [0.25, 0.3) is 5.78 Å². The van der Waals surface area contributed by atoms with E-state index in [-0.39, 0.29) is 27.9 Å². The maximum atomic E-state index is 13.5. The van der Waals surface area contributed by atoms with E-state index in [0.717, 1.165) is 11.3 Å². The van der Waals surface area contributed by atoms with Crippen molar-refractivity contribution < 1.29 is 33.7 Å². The molecule has 1 N–H and O–H groups in total. The summed E-state index contributed by atoms with van der Waals surface area (Å²) in [5, 5.41) is 11.6. The minimum Gasteiger partial charge on any atom is -0.507 e. The highest BCUT2D eigenvalue weighted by Gasteiger charge is 2.48. The van der Waals surface area contributed by atoms with Crippen molar-refractivity contribution in [2.45, 2.75) is 26.8 Å². The van der Waals surface area contributed by atoms with Crippen LogP contribution >= 0.6 is 11.3 Å². The Morgan fingerprint density at radius 1 is 1.15 bits per heavy atom. The normalized spacial score (nSPS) is 16.3. The number of aromatic nitrogens is 1. The molecule has 1 amide bonds. The zero-order valence-corrected chi connectivity index (χ0v) is 22.8. The predicted molar refractivity (Wildman–Crippen MR) is 147 cm³/mol. The van der Waals surface area contributed by atoms with Crippen LogP contribution in [-0.2, 0) is 14.3 Å². The molecule has 1 atom stereocenters. The van der Waals surface area contributed by atoms with Gasteiger partial charge in [-0.05, 0) is 62.2 Å². The van der Waals surface area contributed by atoms with Gasteiger partial charge in [0.15, 0.2) is 5.13 Å². The number of esters is 1. The molecule has 0 saturated carbocycles. The molecule has 2 aromatic carbocycles. The lowest BCUT2D eigenvalue weighted by atomic mass is 9.94. The number of thiazole rings is 1. The summed E-state index contributed by atoms with van der Waals surface area (Å²) in [4.78, 5) is 45.4. The fraction of sp³-hybridized carbons (Fsp3) is 0.241. The van der Waals surface area contributed by atoms with E-state index in [4.69, 9.17) is 14.2 Å². The van der Waals surface area contributed by atoms with Gasteiger partial charge in [0, 0.05) is 5.56 Å². The molecule has 202 valence electrons. The standard InChI is InChI=1S/C29H28N2O7S/c1-6-14-38-28(35)26-17(4)30-29(39-26)31-23(18-8-10-19(11-9-18)37-7-2)22(25(33)27(31)34)24(32)21-13-12-20(36-5)15-16(21)3/h6,8-13,15,23,32H,1,7,14H2,2-5H3/t23-/m1/s1. The van der Waals surface area contributed by atoms with Crippen LogP contribution in [-0.4, -0.2) is 48.1 Å². The number of ketones is 1. The first-order valence-corrected chi connectivity index (χ1v) is 13.0. The number of ether oxygens (including phenoxy) is 3. The highest BCUT2D eigenvalue weighted by Crippen LogP contribution is 2.44. The molecule has 2 heterocycles. The SMILES string of the molecule is C=CCOC(=O)c1sc(N2C(=O)C(=O)C(=C(O)c3ccc(OC)cc3C)[C@H]2c2ccc(OCC)cc2)nc1C. The van der Waals surface area contributed by atoms with Crippen LogP contribution in [0.3, 0.4) is 0 Å². The lowest BCUT2D eigenvalue weighted by Gasteiger charge is -2.23. The third-order valence-electron chi connectivity index (χ3n) is 6.15. The van der Waals surface area contributed by atoms with Gasteiger partial charge in [-0.3, -0.25) is 14.5 Å². The molecule has 1 aliphatic rings. The Bertz CT molecular complexity index is 1470. The number of carbonyl (C=O) groups excluding carboxylic acids is 3. The van der Waals surface area contributed by atoms with Gasteiger partial charge >= 0.3 is 11.9 Å². The molecule has 4 rings (SSSR count). The van der Waals surface area contributed by atoms with E-state index >= 15 is 0 Å². The number of carbonyl (C=O) groups is 3. The summed E-state index contributed by atoms with van der Waals surface area (Å²) in [6, 6.07) is 10.9. The summed E-state index contributed by atoms with van der Waals surface area (Å²) in [6.07, 6.45) is 1.45. The minimum absolute atomic E-state index is 0.0173. The molecule has 0 bridgehead atoms. The minimum atomic E-state index is -1.01. The molecule has 0 spiro atoms. The Morgan fingerprint density at radius 2 is 1.85 bits per heavy atom. The number of benzene rings is 2. The van der Waals surface area contributed by atoms with E-state index < -0.39 is 23.7 Å². The first-order chi connectivity index (χ1) is 18.7. The van der Waals surface area contributed by atoms with Gasteiger partial charge < -0.3 is 19.3 Å². The van der Waals surface area contributed by atoms with E-state index in [9.17, 15) is 19.5 Å². The molecular weight excluding hydrogens is 520 g/mol. The van der Waals surface area contributed by atoms with Crippen LogP contribution in [0.4, 0.5) is 5.13 Å². The number of hydrogen-bond donors (Lipinski definition) is 1. The fourth-order valence-electron chi connectivity index (χ4n) is 4.31. The molecule has 0 aliphatic carbocycles. The number of aryl methyl sites for hydroxylation is 2. The lowest BCUT2D eigenvalue weighted by Crippen LogP contribution is -2.29. The fourth-order valence-corrected chi connectivity index (χ4v) is 5.29. The second-order valence-electron chi connectivity index (χ2n) is 8.65. The molecule has 0 unspecified atom stereocenters. The van der Waals surface area contributed by atoms with Gasteiger partial charge in [0.1, 0.15) is 28.7 Å². The molecule has 9 nitrogen and oxygen atoms in total. The Balaban J connectivity index is 1.89. The van der Waals surface area contributed by atoms with Crippen molar-refractivity contribution in [3.05, 3.63) is 88.0 Å². The first-order valence-electron chi connectivity index (χ1n) is 12.2. The molecule has 1 saturated heterocycles. The molecule has 1 fully saturated rings. The molecular formula is C29H28N2O7S. The van der Waals surface area contributed by atoms with Crippen molar-refractivity contribution in [2.24, 2.45) is 0 Å². The van der Waals surface area contributed by atoms with Gasteiger partial charge in [-0.15, -0.1) is 0 Å². The van der Waals surface area contributed by atoms with Gasteiger partial charge in [-0.2, -0.15) is 0 Å². The number of methoxy groups -OCH3 is 1. The Kier molecular flexibility index (Phi) is 8.15. The van der Waals surface area contributed by atoms with Crippen LogP contribution in [0.2, 0.25) is 0 Å². The zero-order valence-electron chi connectivity index (χ0n) is 22.0. The molecule has 39 heavy (non-hydrogen) atoms. The summed E-state index contributed by atoms with van der Waals surface area (Å²) in [5.74, 6) is -1.48. The number of hydrogen-bond acceptors (Lipinski definition) is 9. The van der Waals surface area contributed by atoms with E-state index in [1.54, 1.807) is 56.3 Å². The summed E-state index contributed by atoms with van der Waals surface area (Å²) >= 11 is 0.936. The van der Waals surface area contributed by atoms with Crippen LogP contribution in [0.15, 0.2) is 60.7 Å². The van der Waals surface area contributed by atoms with Crippen LogP contribution in [0.25, 0.3) is 5.76 Å². The Morgan fingerprint density at radius 3 is 2.46 bits per heavy atom. The highest BCUT2D eigenvalue weighted by molar-refractivity contribution is 7.17. The summed E-state index contributed by atoms with van der Waals surface area (Å²) in [7, 11) is 1.53. The molecule has 1 aromatic heterocycles. The van der Waals surface area contributed by atoms with E-state index in [2.05, 4.69) is 11.6 Å². The number of rotatable bonds is 9. The van der Waals surface area contributed by atoms with Crippen molar-refractivity contribution in [3.63, 3.8) is 0 Å². The van der Waals surface area contributed by atoms with Crippen molar-refractivity contribution in [3.8, 4) is 11.5 Å². The number of aliphatic hydroxyl groups excluding tert-OH is 1. The van der Waals surface area contributed by atoms with Gasteiger partial charge in [0.05, 0.1) is 31.0 Å². The van der Waals surface area contributed by atoms with Crippen molar-refractivity contribution >= 4 is 39.9 Å². The molecule has 0 radical (unpaired) electrons. The Labute approximate surface area is 230 Å². The quantitative estimate of drug-likeness (QED) is 0.129. The van der Waals surface area contributed by atoms with Gasteiger partial charge in [0.2, 0.25) is 0 Å². The summed E-state index contributed by atoms with van der Waals surface area (Å²) in [5.41, 5.74) is 1.84. The maximum absolute atomic E-state index is 13.5. The zero-order chi connectivity index (χ0) is 28.3. The maximum Gasteiger partial charge on any atom is 0.350 e. The Hall–Kier alpha value is -4.44. The lowest BCUT2D eigenvalue weighted by molar-refractivity contribution is -0.132. The molecule has 3 aromatic rings. The third-order valence-corrected chi connectivity index (χ3v) is 7.29. The van der Waals surface area contributed by atoms with Crippen LogP contribution in [0.5, 0.6) is 11.5 Å². The third kappa shape index (κ3) is 5.28.